The molecule has 0 amide bonds. The van der Waals surface area contributed by atoms with Gasteiger partial charge >= 0.3 is 0 Å². The fraction of sp³-hybridized carbons (Fsp3) is 0.267. The van der Waals surface area contributed by atoms with Crippen molar-refractivity contribution < 1.29 is 8.42 Å². The predicted octanol–water partition coefficient (Wildman–Crippen LogP) is 2.18. The van der Waals surface area contributed by atoms with Crippen LogP contribution in [-0.2, 0) is 10.0 Å². The number of aliphatic imine (C=N–C) groups is 1. The van der Waals surface area contributed by atoms with Crippen molar-refractivity contribution in [1.82, 2.24) is 4.72 Å². The highest BCUT2D eigenvalue weighted by Gasteiger charge is 2.16. The number of sulfonamides is 1. The maximum atomic E-state index is 12.4. The van der Waals surface area contributed by atoms with E-state index in [0.29, 0.717) is 24.0 Å². The van der Waals surface area contributed by atoms with Gasteiger partial charge in [-0.3, -0.25) is 0 Å². The number of nitrogens with one attached hydrogen (secondary N) is 1. The van der Waals surface area contributed by atoms with Gasteiger partial charge in [0.2, 0.25) is 10.0 Å². The standard InChI is InChI=1S/C15H19N3O2S/c1-17-10-2-3-11-18-21(19,20)15-9-5-6-12-13(15)7-4-8-14(12)16/h4-10,18H,2-3,11,16H2,1H3. The number of anilines is 1. The molecule has 0 aliphatic carbocycles. The average Bonchev–Trinajstić information content (AvgIpc) is 2.47. The normalized spacial score (nSPS) is 12.2. The largest absolute Gasteiger partial charge is 0.398 e. The fourth-order valence-electron chi connectivity index (χ4n) is 2.15. The van der Waals surface area contributed by atoms with E-state index in [-0.39, 0.29) is 4.90 Å². The van der Waals surface area contributed by atoms with Crippen molar-refractivity contribution in [2.24, 2.45) is 4.99 Å². The van der Waals surface area contributed by atoms with E-state index in [1.165, 1.54) is 0 Å². The molecule has 0 aliphatic rings. The Morgan fingerprint density at radius 3 is 2.67 bits per heavy atom. The van der Waals surface area contributed by atoms with Crippen molar-refractivity contribution in [2.75, 3.05) is 19.3 Å². The molecule has 5 nitrogen and oxygen atoms in total. The minimum Gasteiger partial charge on any atom is -0.398 e. The summed E-state index contributed by atoms with van der Waals surface area (Å²) in [5, 5.41) is 1.39. The van der Waals surface area contributed by atoms with Gasteiger partial charge in [0.1, 0.15) is 0 Å². The molecule has 21 heavy (non-hydrogen) atoms. The van der Waals surface area contributed by atoms with Crippen LogP contribution in [0.2, 0.25) is 0 Å². The Morgan fingerprint density at radius 1 is 1.19 bits per heavy atom. The molecule has 0 bridgehead atoms. The van der Waals surface area contributed by atoms with E-state index in [4.69, 9.17) is 5.73 Å². The zero-order valence-electron chi connectivity index (χ0n) is 11.9. The molecule has 0 aliphatic heterocycles. The molecule has 0 spiro atoms. The summed E-state index contributed by atoms with van der Waals surface area (Å²) in [6.07, 6.45) is 3.23. The monoisotopic (exact) mass is 305 g/mol. The van der Waals surface area contributed by atoms with Crippen molar-refractivity contribution in [1.29, 1.82) is 0 Å². The highest BCUT2D eigenvalue weighted by Crippen LogP contribution is 2.26. The number of nitrogens with two attached hydrogens (primary N) is 1. The lowest BCUT2D eigenvalue weighted by molar-refractivity contribution is 0.581. The van der Waals surface area contributed by atoms with E-state index >= 15 is 0 Å². The zero-order chi connectivity index (χ0) is 15.3. The van der Waals surface area contributed by atoms with E-state index in [2.05, 4.69) is 9.71 Å². The molecule has 0 radical (unpaired) electrons. The average molecular weight is 305 g/mol. The second-order valence-corrected chi connectivity index (χ2v) is 6.41. The Morgan fingerprint density at radius 2 is 1.90 bits per heavy atom. The molecule has 0 aromatic heterocycles. The van der Waals surface area contributed by atoms with Crippen LogP contribution in [0.3, 0.4) is 0 Å². The number of hydrogen-bond donors (Lipinski definition) is 2. The summed E-state index contributed by atoms with van der Waals surface area (Å²) in [7, 11) is -1.84. The summed E-state index contributed by atoms with van der Waals surface area (Å²) >= 11 is 0. The molecule has 6 heteroatoms. The lowest BCUT2D eigenvalue weighted by atomic mass is 10.1. The number of nitrogen functional groups attached to an aromatic ring is 1. The van der Waals surface area contributed by atoms with E-state index in [1.807, 2.05) is 6.07 Å². The molecule has 0 saturated heterocycles. The number of nitrogens with zero attached hydrogens (tertiary/aromatic N) is 1. The highest BCUT2D eigenvalue weighted by atomic mass is 32.2. The lowest BCUT2D eigenvalue weighted by Gasteiger charge is -2.10. The summed E-state index contributed by atoms with van der Waals surface area (Å²) in [5.74, 6) is 0. The first kappa shape index (κ1) is 15.5. The molecule has 112 valence electrons. The molecule has 3 N–H and O–H groups in total. The van der Waals surface area contributed by atoms with Gasteiger partial charge in [-0.2, -0.15) is 0 Å². The summed E-state index contributed by atoms with van der Waals surface area (Å²) in [6, 6.07) is 10.4. The number of rotatable bonds is 6. The van der Waals surface area contributed by atoms with Crippen molar-refractivity contribution in [3.8, 4) is 0 Å². The van der Waals surface area contributed by atoms with Gasteiger partial charge in [-0.1, -0.05) is 24.3 Å². The molecular weight excluding hydrogens is 286 g/mol. The summed E-state index contributed by atoms with van der Waals surface area (Å²) in [5.41, 5.74) is 6.47. The van der Waals surface area contributed by atoms with Crippen LogP contribution in [0, 0.1) is 0 Å². The molecule has 2 aromatic carbocycles. The first-order chi connectivity index (χ1) is 10.1. The second-order valence-electron chi connectivity index (χ2n) is 4.68. The maximum Gasteiger partial charge on any atom is 0.241 e. The molecule has 0 atom stereocenters. The number of unbranched alkanes of at least 4 members (excludes halogenated alkanes) is 1. The lowest BCUT2D eigenvalue weighted by Crippen LogP contribution is -2.25. The molecular formula is C15H19N3O2S. The third-order valence-corrected chi connectivity index (χ3v) is 4.71. The minimum absolute atomic E-state index is 0.261. The van der Waals surface area contributed by atoms with E-state index in [9.17, 15) is 8.42 Å². The highest BCUT2D eigenvalue weighted by molar-refractivity contribution is 7.89. The van der Waals surface area contributed by atoms with Gasteiger partial charge in [-0.15, -0.1) is 0 Å². The van der Waals surface area contributed by atoms with Crippen LogP contribution in [0.5, 0.6) is 0 Å². The Hall–Kier alpha value is -1.92. The number of hydrogen-bond acceptors (Lipinski definition) is 4. The van der Waals surface area contributed by atoms with Gasteiger partial charge in [0.25, 0.3) is 0 Å². The first-order valence-corrected chi connectivity index (χ1v) is 8.22. The predicted molar refractivity (Wildman–Crippen MR) is 87.2 cm³/mol. The smallest absolute Gasteiger partial charge is 0.241 e. The topological polar surface area (TPSA) is 84.5 Å². The van der Waals surface area contributed by atoms with Gasteiger partial charge in [0.15, 0.2) is 0 Å². The Balaban J connectivity index is 2.26. The van der Waals surface area contributed by atoms with Crippen LogP contribution in [0.15, 0.2) is 46.3 Å². The molecule has 2 rings (SSSR count). The molecule has 0 saturated carbocycles. The molecule has 2 aromatic rings. The Labute approximate surface area is 124 Å². The second kappa shape index (κ2) is 6.69. The van der Waals surface area contributed by atoms with Crippen LogP contribution in [-0.4, -0.2) is 28.2 Å². The Kier molecular flexibility index (Phi) is 4.93. The Bertz CT molecular complexity index is 755. The molecule has 0 heterocycles. The van der Waals surface area contributed by atoms with Gasteiger partial charge < -0.3 is 10.7 Å². The van der Waals surface area contributed by atoms with Crippen LogP contribution in [0.25, 0.3) is 10.8 Å². The summed E-state index contributed by atoms with van der Waals surface area (Å²) in [4.78, 5) is 4.12. The van der Waals surface area contributed by atoms with Gasteiger partial charge in [-0.05, 0) is 31.2 Å². The number of benzene rings is 2. The van der Waals surface area contributed by atoms with Crippen LogP contribution in [0.4, 0.5) is 5.69 Å². The van der Waals surface area contributed by atoms with Crippen LogP contribution < -0.4 is 10.5 Å². The van der Waals surface area contributed by atoms with E-state index in [1.54, 1.807) is 43.6 Å². The SMILES string of the molecule is CN=CCCCNS(=O)(=O)c1cccc2c(N)cccc12. The van der Waals surface area contributed by atoms with E-state index in [0.717, 1.165) is 11.8 Å². The molecule has 0 fully saturated rings. The maximum absolute atomic E-state index is 12.4. The van der Waals surface area contributed by atoms with Crippen LogP contribution >= 0.6 is 0 Å². The van der Waals surface area contributed by atoms with Crippen molar-refractivity contribution in [3.63, 3.8) is 0 Å². The quantitative estimate of drug-likeness (QED) is 0.487. The number of fused-ring (bicyclic) bond motifs is 1. The van der Waals surface area contributed by atoms with Crippen molar-refractivity contribution >= 4 is 32.7 Å². The van der Waals surface area contributed by atoms with Crippen molar-refractivity contribution in [2.45, 2.75) is 17.7 Å². The fourth-order valence-corrected chi connectivity index (χ4v) is 3.44. The summed E-state index contributed by atoms with van der Waals surface area (Å²) in [6.45, 7) is 0.382. The zero-order valence-corrected chi connectivity index (χ0v) is 12.7. The van der Waals surface area contributed by atoms with Gasteiger partial charge in [-0.25, -0.2) is 13.1 Å². The van der Waals surface area contributed by atoms with Gasteiger partial charge in [0.05, 0.1) is 4.90 Å². The van der Waals surface area contributed by atoms with Gasteiger partial charge in [0, 0.05) is 30.1 Å². The van der Waals surface area contributed by atoms with Crippen LogP contribution in [0.1, 0.15) is 12.8 Å². The molecule has 0 unspecified atom stereocenters. The minimum atomic E-state index is -3.54. The van der Waals surface area contributed by atoms with E-state index < -0.39 is 10.0 Å². The third kappa shape index (κ3) is 3.59. The van der Waals surface area contributed by atoms with Crippen molar-refractivity contribution in [3.05, 3.63) is 36.4 Å². The summed E-state index contributed by atoms with van der Waals surface area (Å²) < 4.78 is 27.4. The first-order valence-electron chi connectivity index (χ1n) is 6.74. The third-order valence-electron chi connectivity index (χ3n) is 3.19.